The zero-order chi connectivity index (χ0) is 26.0. The highest BCUT2D eigenvalue weighted by molar-refractivity contribution is 5.75. The number of rotatable bonds is 6. The quantitative estimate of drug-likeness (QED) is 0.558. The average molecular weight is 501 g/mol. The molecule has 3 saturated carbocycles. The predicted octanol–water partition coefficient (Wildman–Crippen LogP) is 5.45. The van der Waals surface area contributed by atoms with Gasteiger partial charge in [-0.3, -0.25) is 4.79 Å². The largest absolute Gasteiger partial charge is 0.481 e. The molecule has 4 aliphatic rings. The Kier molecular flexibility index (Phi) is 7.53. The number of carboxylic acid groups (broad SMARTS) is 1. The number of benzene rings is 1. The lowest BCUT2D eigenvalue weighted by Crippen LogP contribution is -2.56. The number of fused-ring (bicyclic) bond motifs is 3. The van der Waals surface area contributed by atoms with Crippen LogP contribution in [0.25, 0.3) is 0 Å². The van der Waals surface area contributed by atoms with Crippen LogP contribution in [0.3, 0.4) is 0 Å². The Bertz CT molecular complexity index is 924. The summed E-state index contributed by atoms with van der Waals surface area (Å²) >= 11 is 0. The molecule has 198 valence electrons. The molecule has 3 aliphatic carbocycles. The first kappa shape index (κ1) is 26.3. The molecule has 1 aromatic carbocycles. The number of aliphatic carboxylic acids is 1. The number of hydrogen-bond donors (Lipinski definition) is 1. The number of carboxylic acids is 1. The Hall–Kier alpha value is -2.77. The lowest BCUT2D eigenvalue weighted by atomic mass is 9.53. The molecule has 36 heavy (non-hydrogen) atoms. The van der Waals surface area contributed by atoms with Crippen molar-refractivity contribution in [3.8, 4) is 0 Å². The molecule has 8 heteroatoms. The smallest absolute Gasteiger partial charge is 0.410 e. The minimum atomic E-state index is -0.675. The van der Waals surface area contributed by atoms with Crippen LogP contribution in [0.2, 0.25) is 0 Å². The van der Waals surface area contributed by atoms with Crippen LogP contribution >= 0.6 is 0 Å². The lowest BCUT2D eigenvalue weighted by Gasteiger charge is -2.53. The summed E-state index contributed by atoms with van der Waals surface area (Å²) in [5.74, 6) is -0.675. The van der Waals surface area contributed by atoms with Crippen LogP contribution in [0.15, 0.2) is 30.3 Å². The van der Waals surface area contributed by atoms with E-state index in [4.69, 9.17) is 9.47 Å². The second kappa shape index (κ2) is 10.3. The van der Waals surface area contributed by atoms with Crippen LogP contribution in [-0.4, -0.2) is 64.3 Å². The van der Waals surface area contributed by atoms with Gasteiger partial charge in [0.15, 0.2) is 0 Å². The molecule has 2 bridgehead atoms. The first-order valence-electron chi connectivity index (χ1n) is 13.2. The van der Waals surface area contributed by atoms with Crippen molar-refractivity contribution in [3.63, 3.8) is 0 Å². The Balaban J connectivity index is 1.38. The van der Waals surface area contributed by atoms with E-state index in [-0.39, 0.29) is 30.3 Å². The van der Waals surface area contributed by atoms with E-state index in [1.807, 2.05) is 56.0 Å². The summed E-state index contributed by atoms with van der Waals surface area (Å²) in [7, 11) is 0. The van der Waals surface area contributed by atoms with Crippen LogP contribution in [0.5, 0.6) is 0 Å². The molecule has 0 unspecified atom stereocenters. The van der Waals surface area contributed by atoms with Gasteiger partial charge in [-0.25, -0.2) is 9.59 Å². The van der Waals surface area contributed by atoms with Crippen molar-refractivity contribution in [2.45, 2.75) is 90.4 Å². The summed E-state index contributed by atoms with van der Waals surface area (Å²) in [5, 5.41) is 9.74. The number of amides is 2. The van der Waals surface area contributed by atoms with Crippen LogP contribution in [0.4, 0.5) is 9.59 Å². The summed E-state index contributed by atoms with van der Waals surface area (Å²) in [6.45, 7) is 7.48. The number of likely N-dealkylation sites (tertiary alicyclic amines) is 1. The molecule has 0 atom stereocenters. The normalized spacial score (nSPS) is 26.4. The van der Waals surface area contributed by atoms with E-state index in [2.05, 4.69) is 0 Å². The number of nitrogens with zero attached hydrogens (tertiary/aromatic N) is 2. The van der Waals surface area contributed by atoms with Gasteiger partial charge in [-0.05, 0) is 83.1 Å². The van der Waals surface area contributed by atoms with Gasteiger partial charge in [0, 0.05) is 25.7 Å². The summed E-state index contributed by atoms with van der Waals surface area (Å²) in [4.78, 5) is 41.4. The molecule has 1 aliphatic heterocycles. The third kappa shape index (κ3) is 5.95. The topological polar surface area (TPSA) is 96.4 Å². The zero-order valence-electron chi connectivity index (χ0n) is 21.8. The SMILES string of the molecule is CC(C)(C)OC(=O)N(CC12CCC(C(=O)O)(CC1)CC2)C1CCN(C(=O)OCc2ccccc2)CC1. The highest BCUT2D eigenvalue weighted by Crippen LogP contribution is 2.57. The van der Waals surface area contributed by atoms with E-state index in [0.29, 0.717) is 51.7 Å². The van der Waals surface area contributed by atoms with E-state index in [0.717, 1.165) is 24.8 Å². The number of hydrogen-bond acceptors (Lipinski definition) is 5. The van der Waals surface area contributed by atoms with Crippen molar-refractivity contribution in [1.82, 2.24) is 9.80 Å². The van der Waals surface area contributed by atoms with Gasteiger partial charge in [0.05, 0.1) is 5.41 Å². The maximum Gasteiger partial charge on any atom is 0.410 e. The molecule has 1 N–H and O–H groups in total. The Morgan fingerprint density at radius 3 is 2.11 bits per heavy atom. The van der Waals surface area contributed by atoms with Gasteiger partial charge < -0.3 is 24.4 Å². The number of carbonyl (C=O) groups is 3. The minimum absolute atomic E-state index is 0.0273. The molecule has 5 rings (SSSR count). The molecule has 0 spiro atoms. The zero-order valence-corrected chi connectivity index (χ0v) is 21.8. The maximum atomic E-state index is 13.4. The van der Waals surface area contributed by atoms with Crippen LogP contribution < -0.4 is 0 Å². The van der Waals surface area contributed by atoms with E-state index in [9.17, 15) is 19.5 Å². The third-order valence-electron chi connectivity index (χ3n) is 8.36. The molecule has 1 heterocycles. The Morgan fingerprint density at radius 2 is 1.58 bits per heavy atom. The monoisotopic (exact) mass is 500 g/mol. The van der Waals surface area contributed by atoms with E-state index in [1.165, 1.54) is 0 Å². The molecule has 0 radical (unpaired) electrons. The molecule has 8 nitrogen and oxygen atoms in total. The second-order valence-electron chi connectivity index (χ2n) is 12.0. The third-order valence-corrected chi connectivity index (χ3v) is 8.36. The summed E-state index contributed by atoms with van der Waals surface area (Å²) in [5.41, 5.74) is -0.293. The maximum absolute atomic E-state index is 13.4. The fraction of sp³-hybridized carbons (Fsp3) is 0.679. The van der Waals surface area contributed by atoms with Crippen molar-refractivity contribution in [2.24, 2.45) is 10.8 Å². The number of piperidine rings is 1. The first-order chi connectivity index (χ1) is 17.0. The predicted molar refractivity (Wildman–Crippen MR) is 134 cm³/mol. The Morgan fingerprint density at radius 1 is 1.00 bits per heavy atom. The highest BCUT2D eigenvalue weighted by atomic mass is 16.6. The summed E-state index contributed by atoms with van der Waals surface area (Å²) in [6.07, 6.45) is 5.18. The van der Waals surface area contributed by atoms with Gasteiger partial charge in [-0.1, -0.05) is 30.3 Å². The highest BCUT2D eigenvalue weighted by Gasteiger charge is 2.53. The lowest BCUT2D eigenvalue weighted by molar-refractivity contribution is -0.159. The van der Waals surface area contributed by atoms with Gasteiger partial charge in [0.25, 0.3) is 0 Å². The molecule has 2 amide bonds. The van der Waals surface area contributed by atoms with Gasteiger partial charge in [-0.15, -0.1) is 0 Å². The van der Waals surface area contributed by atoms with E-state index in [1.54, 1.807) is 4.90 Å². The molecule has 1 aromatic rings. The van der Waals surface area contributed by atoms with Crippen molar-refractivity contribution in [1.29, 1.82) is 0 Å². The molecular formula is C28H40N2O6. The fourth-order valence-electron chi connectivity index (χ4n) is 6.02. The van der Waals surface area contributed by atoms with Crippen LogP contribution in [-0.2, 0) is 20.9 Å². The van der Waals surface area contributed by atoms with E-state index < -0.39 is 17.0 Å². The van der Waals surface area contributed by atoms with Crippen molar-refractivity contribution < 1.29 is 29.0 Å². The Labute approximate surface area is 213 Å². The average Bonchev–Trinajstić information content (AvgIpc) is 2.86. The molecule has 1 saturated heterocycles. The van der Waals surface area contributed by atoms with Gasteiger partial charge >= 0.3 is 18.2 Å². The standard InChI is InChI=1S/C28H40N2O6/c1-26(2,3)36-25(34)30(20-27-11-14-28(15-12-27,16-13-27)23(31)32)22-9-17-29(18-10-22)24(33)35-19-21-7-5-4-6-8-21/h4-8,22H,9-20H2,1-3H3,(H,31,32). The van der Waals surface area contributed by atoms with E-state index >= 15 is 0 Å². The molecule has 4 fully saturated rings. The summed E-state index contributed by atoms with van der Waals surface area (Å²) < 4.78 is 11.3. The molecule has 0 aromatic heterocycles. The fourth-order valence-corrected chi connectivity index (χ4v) is 6.02. The second-order valence-corrected chi connectivity index (χ2v) is 12.0. The first-order valence-corrected chi connectivity index (χ1v) is 13.2. The minimum Gasteiger partial charge on any atom is -0.481 e. The van der Waals surface area contributed by atoms with Gasteiger partial charge in [-0.2, -0.15) is 0 Å². The van der Waals surface area contributed by atoms with Crippen molar-refractivity contribution in [3.05, 3.63) is 35.9 Å². The van der Waals surface area contributed by atoms with Gasteiger partial charge in [0.2, 0.25) is 0 Å². The summed E-state index contributed by atoms with van der Waals surface area (Å²) in [6, 6.07) is 9.58. The van der Waals surface area contributed by atoms with Gasteiger partial charge in [0.1, 0.15) is 12.2 Å². The van der Waals surface area contributed by atoms with Crippen molar-refractivity contribution >= 4 is 18.2 Å². The number of carbonyl (C=O) groups excluding carboxylic acids is 2. The van der Waals surface area contributed by atoms with Crippen LogP contribution in [0.1, 0.15) is 77.7 Å². The molecular weight excluding hydrogens is 460 g/mol. The number of ether oxygens (including phenoxy) is 2. The van der Waals surface area contributed by atoms with Crippen LogP contribution in [0, 0.1) is 10.8 Å². The van der Waals surface area contributed by atoms with Crippen molar-refractivity contribution in [2.75, 3.05) is 19.6 Å².